The SMILES string of the molecule is CC(C)N1CC(CCN)CNC1=O. The van der Waals surface area contributed by atoms with Crippen LogP contribution in [0.3, 0.4) is 0 Å². The van der Waals surface area contributed by atoms with Gasteiger partial charge in [0.25, 0.3) is 0 Å². The van der Waals surface area contributed by atoms with E-state index < -0.39 is 0 Å². The summed E-state index contributed by atoms with van der Waals surface area (Å²) in [6.07, 6.45) is 0.990. The van der Waals surface area contributed by atoms with Crippen LogP contribution in [-0.4, -0.2) is 36.6 Å². The van der Waals surface area contributed by atoms with E-state index in [1.54, 1.807) is 0 Å². The summed E-state index contributed by atoms with van der Waals surface area (Å²) in [6, 6.07) is 0.337. The summed E-state index contributed by atoms with van der Waals surface area (Å²) in [6.45, 7) is 6.39. The minimum Gasteiger partial charge on any atom is -0.338 e. The number of rotatable bonds is 3. The third-order valence-corrected chi connectivity index (χ3v) is 2.46. The van der Waals surface area contributed by atoms with Gasteiger partial charge in [0.1, 0.15) is 0 Å². The molecule has 0 bridgehead atoms. The molecule has 0 spiro atoms. The summed E-state index contributed by atoms with van der Waals surface area (Å²) in [4.78, 5) is 13.2. The predicted molar refractivity (Wildman–Crippen MR) is 52.4 cm³/mol. The Hall–Kier alpha value is -0.770. The second kappa shape index (κ2) is 4.46. The van der Waals surface area contributed by atoms with Crippen LogP contribution in [0.2, 0.25) is 0 Å². The van der Waals surface area contributed by atoms with Gasteiger partial charge in [-0.05, 0) is 32.7 Å². The number of urea groups is 1. The van der Waals surface area contributed by atoms with Crippen LogP contribution in [-0.2, 0) is 0 Å². The molecule has 0 radical (unpaired) electrons. The fourth-order valence-electron chi connectivity index (χ4n) is 1.63. The molecule has 76 valence electrons. The first-order valence-electron chi connectivity index (χ1n) is 4.89. The number of nitrogens with one attached hydrogen (secondary N) is 1. The van der Waals surface area contributed by atoms with Gasteiger partial charge in [-0.1, -0.05) is 0 Å². The van der Waals surface area contributed by atoms with E-state index in [1.807, 2.05) is 18.7 Å². The van der Waals surface area contributed by atoms with Crippen LogP contribution in [0.25, 0.3) is 0 Å². The van der Waals surface area contributed by atoms with Gasteiger partial charge in [0.15, 0.2) is 0 Å². The summed E-state index contributed by atoms with van der Waals surface area (Å²) >= 11 is 0. The molecule has 1 aliphatic heterocycles. The first kappa shape index (κ1) is 10.3. The molecule has 3 N–H and O–H groups in total. The summed E-state index contributed by atoms with van der Waals surface area (Å²) in [5.74, 6) is 0.519. The normalized spacial score (nSPS) is 23.5. The molecule has 1 saturated heterocycles. The largest absolute Gasteiger partial charge is 0.338 e. The average molecular weight is 185 g/mol. The van der Waals surface area contributed by atoms with Gasteiger partial charge in [0.2, 0.25) is 0 Å². The molecule has 13 heavy (non-hydrogen) atoms. The Morgan fingerprint density at radius 3 is 2.92 bits per heavy atom. The van der Waals surface area contributed by atoms with Crippen LogP contribution >= 0.6 is 0 Å². The lowest BCUT2D eigenvalue weighted by Crippen LogP contribution is -2.53. The van der Waals surface area contributed by atoms with E-state index in [2.05, 4.69) is 5.32 Å². The van der Waals surface area contributed by atoms with E-state index in [-0.39, 0.29) is 12.1 Å². The Morgan fingerprint density at radius 1 is 1.69 bits per heavy atom. The zero-order valence-electron chi connectivity index (χ0n) is 8.42. The molecule has 0 aromatic rings. The Labute approximate surface area is 79.5 Å². The molecule has 1 atom stereocenters. The van der Waals surface area contributed by atoms with E-state index in [1.165, 1.54) is 0 Å². The number of hydrogen-bond donors (Lipinski definition) is 2. The second-order valence-electron chi connectivity index (χ2n) is 3.88. The number of amides is 2. The monoisotopic (exact) mass is 185 g/mol. The Morgan fingerprint density at radius 2 is 2.38 bits per heavy atom. The summed E-state index contributed by atoms with van der Waals surface area (Å²) in [5, 5.41) is 2.88. The van der Waals surface area contributed by atoms with Gasteiger partial charge in [0, 0.05) is 19.1 Å². The predicted octanol–water partition coefficient (Wildman–Crippen LogP) is 0.385. The maximum atomic E-state index is 11.4. The van der Waals surface area contributed by atoms with Gasteiger partial charge < -0.3 is 16.0 Å². The molecule has 4 heteroatoms. The van der Waals surface area contributed by atoms with Crippen LogP contribution in [0.1, 0.15) is 20.3 Å². The van der Waals surface area contributed by atoms with Crippen LogP contribution < -0.4 is 11.1 Å². The number of nitrogens with zero attached hydrogens (tertiary/aromatic N) is 1. The van der Waals surface area contributed by atoms with Crippen LogP contribution in [0.15, 0.2) is 0 Å². The molecule has 0 aromatic heterocycles. The van der Waals surface area contributed by atoms with Gasteiger partial charge in [0.05, 0.1) is 0 Å². The first-order chi connectivity index (χ1) is 6.15. The second-order valence-corrected chi connectivity index (χ2v) is 3.88. The smallest absolute Gasteiger partial charge is 0.317 e. The number of nitrogens with two attached hydrogens (primary N) is 1. The van der Waals surface area contributed by atoms with Gasteiger partial charge in [-0.25, -0.2) is 4.79 Å². The van der Waals surface area contributed by atoms with E-state index in [4.69, 9.17) is 5.73 Å². The summed E-state index contributed by atoms with van der Waals surface area (Å²) in [5.41, 5.74) is 5.48. The van der Waals surface area contributed by atoms with E-state index in [0.717, 1.165) is 19.5 Å². The van der Waals surface area contributed by atoms with Crippen molar-refractivity contribution in [1.82, 2.24) is 10.2 Å². The van der Waals surface area contributed by atoms with Crippen molar-refractivity contribution in [3.05, 3.63) is 0 Å². The third kappa shape index (κ3) is 2.59. The highest BCUT2D eigenvalue weighted by atomic mass is 16.2. The summed E-state index contributed by atoms with van der Waals surface area (Å²) < 4.78 is 0. The molecule has 2 amide bonds. The third-order valence-electron chi connectivity index (χ3n) is 2.46. The molecular weight excluding hydrogens is 166 g/mol. The van der Waals surface area contributed by atoms with E-state index in [0.29, 0.717) is 12.5 Å². The number of carbonyl (C=O) groups is 1. The Kier molecular flexibility index (Phi) is 3.54. The summed E-state index contributed by atoms with van der Waals surface area (Å²) in [7, 11) is 0. The molecule has 1 aliphatic rings. The molecule has 1 heterocycles. The lowest BCUT2D eigenvalue weighted by molar-refractivity contribution is 0.148. The first-order valence-corrected chi connectivity index (χ1v) is 4.89. The van der Waals surface area contributed by atoms with Crippen LogP contribution in [0, 0.1) is 5.92 Å². The van der Waals surface area contributed by atoms with Gasteiger partial charge in [-0.2, -0.15) is 0 Å². The molecule has 0 aromatic carbocycles. The standard InChI is InChI=1S/C9H19N3O/c1-7(2)12-6-8(3-4-10)5-11-9(12)13/h7-8H,3-6,10H2,1-2H3,(H,11,13). The van der Waals surface area contributed by atoms with Crippen molar-refractivity contribution in [2.45, 2.75) is 26.3 Å². The van der Waals surface area contributed by atoms with E-state index >= 15 is 0 Å². The maximum absolute atomic E-state index is 11.4. The highest BCUT2D eigenvalue weighted by Gasteiger charge is 2.26. The van der Waals surface area contributed by atoms with Crippen molar-refractivity contribution in [3.8, 4) is 0 Å². The van der Waals surface area contributed by atoms with Crippen molar-refractivity contribution in [2.75, 3.05) is 19.6 Å². The Balaban J connectivity index is 2.48. The molecule has 1 fully saturated rings. The number of carbonyl (C=O) groups excluding carboxylic acids is 1. The zero-order valence-corrected chi connectivity index (χ0v) is 8.42. The molecule has 1 rings (SSSR count). The van der Waals surface area contributed by atoms with Crippen molar-refractivity contribution in [1.29, 1.82) is 0 Å². The minimum absolute atomic E-state index is 0.0586. The van der Waals surface area contributed by atoms with Crippen molar-refractivity contribution in [3.63, 3.8) is 0 Å². The quantitative estimate of drug-likeness (QED) is 0.668. The zero-order chi connectivity index (χ0) is 9.84. The maximum Gasteiger partial charge on any atom is 0.317 e. The average Bonchev–Trinajstić information content (AvgIpc) is 2.08. The molecule has 0 saturated carbocycles. The van der Waals surface area contributed by atoms with E-state index in [9.17, 15) is 4.79 Å². The minimum atomic E-state index is 0.0586. The highest BCUT2D eigenvalue weighted by molar-refractivity contribution is 5.75. The highest BCUT2D eigenvalue weighted by Crippen LogP contribution is 2.12. The number of hydrogen-bond acceptors (Lipinski definition) is 2. The molecule has 0 aliphatic carbocycles. The van der Waals surface area contributed by atoms with Crippen LogP contribution in [0.4, 0.5) is 4.79 Å². The fraction of sp³-hybridized carbons (Fsp3) is 0.889. The lowest BCUT2D eigenvalue weighted by Gasteiger charge is -2.35. The fourth-order valence-corrected chi connectivity index (χ4v) is 1.63. The topological polar surface area (TPSA) is 58.4 Å². The molecule has 4 nitrogen and oxygen atoms in total. The Bertz CT molecular complexity index is 182. The molecular formula is C9H19N3O. The van der Waals surface area contributed by atoms with Gasteiger partial charge in [-0.15, -0.1) is 0 Å². The van der Waals surface area contributed by atoms with Crippen molar-refractivity contribution < 1.29 is 4.79 Å². The van der Waals surface area contributed by atoms with Crippen molar-refractivity contribution >= 4 is 6.03 Å². The van der Waals surface area contributed by atoms with Gasteiger partial charge >= 0.3 is 6.03 Å². The van der Waals surface area contributed by atoms with Crippen molar-refractivity contribution in [2.24, 2.45) is 11.7 Å². The van der Waals surface area contributed by atoms with Crippen LogP contribution in [0.5, 0.6) is 0 Å². The van der Waals surface area contributed by atoms with Gasteiger partial charge in [-0.3, -0.25) is 0 Å². The lowest BCUT2D eigenvalue weighted by atomic mass is 10.0. The molecule has 1 unspecified atom stereocenters.